The van der Waals surface area contributed by atoms with E-state index in [4.69, 9.17) is 16.3 Å². The second-order valence-corrected chi connectivity index (χ2v) is 6.31. The highest BCUT2D eigenvalue weighted by molar-refractivity contribution is 6.29. The third-order valence-corrected chi connectivity index (χ3v) is 4.28. The van der Waals surface area contributed by atoms with Crippen LogP contribution in [0.2, 0.25) is 5.15 Å². The minimum absolute atomic E-state index is 0.526. The lowest BCUT2D eigenvalue weighted by atomic mass is 10.2. The predicted molar refractivity (Wildman–Crippen MR) is 98.8 cm³/mol. The summed E-state index contributed by atoms with van der Waals surface area (Å²) < 4.78 is 5.19. The molecule has 0 aromatic carbocycles. The van der Waals surface area contributed by atoms with E-state index in [1.807, 2.05) is 18.3 Å². The molecule has 0 aliphatic heterocycles. The maximum Gasteiger partial charge on any atom is 0.191 e. The maximum absolute atomic E-state index is 5.79. The summed E-state index contributed by atoms with van der Waals surface area (Å²) in [6.07, 6.45) is 5.31. The molecule has 134 valence electrons. The predicted octanol–water partition coefficient (Wildman–Crippen LogP) is 1.55. The summed E-state index contributed by atoms with van der Waals surface area (Å²) in [6.45, 7) is 4.48. The number of hydrogen-bond donors (Lipinski definition) is 2. The van der Waals surface area contributed by atoms with Gasteiger partial charge in [0, 0.05) is 52.6 Å². The topological polar surface area (TPSA) is 61.8 Å². The van der Waals surface area contributed by atoms with Crippen molar-refractivity contribution in [3.8, 4) is 0 Å². The van der Waals surface area contributed by atoms with Crippen molar-refractivity contribution >= 4 is 17.6 Å². The number of ether oxygens (including phenoxy) is 1. The Bertz CT molecular complexity index is 504. The van der Waals surface area contributed by atoms with Crippen LogP contribution in [0.5, 0.6) is 0 Å². The highest BCUT2D eigenvalue weighted by atomic mass is 35.5. The molecule has 1 fully saturated rings. The number of halogens is 1. The molecule has 1 aliphatic rings. The first-order valence-corrected chi connectivity index (χ1v) is 8.88. The highest BCUT2D eigenvalue weighted by Crippen LogP contribution is 2.25. The molecule has 0 unspecified atom stereocenters. The summed E-state index contributed by atoms with van der Waals surface area (Å²) in [7, 11) is 3.55. The Hall–Kier alpha value is -1.37. The molecular formula is C17H28ClN5O. The largest absolute Gasteiger partial charge is 0.383 e. The standard InChI is InChI=1S/C17H28ClN5O/c1-19-17(20-8-7-14-3-6-16(18)22-13-14)21-9-10-23(11-12-24-2)15-4-5-15/h3,6,13,15H,4-5,7-12H2,1-2H3,(H2,19,20,21). The van der Waals surface area contributed by atoms with Crippen molar-refractivity contribution in [2.24, 2.45) is 4.99 Å². The summed E-state index contributed by atoms with van der Waals surface area (Å²) in [5, 5.41) is 7.23. The van der Waals surface area contributed by atoms with Crippen LogP contribution in [0.4, 0.5) is 0 Å². The van der Waals surface area contributed by atoms with E-state index in [0.717, 1.165) is 56.8 Å². The fourth-order valence-corrected chi connectivity index (χ4v) is 2.66. The summed E-state index contributed by atoms with van der Waals surface area (Å²) in [5.41, 5.74) is 1.15. The van der Waals surface area contributed by atoms with Gasteiger partial charge >= 0.3 is 0 Å². The van der Waals surface area contributed by atoms with E-state index in [9.17, 15) is 0 Å². The minimum Gasteiger partial charge on any atom is -0.383 e. The van der Waals surface area contributed by atoms with Gasteiger partial charge < -0.3 is 15.4 Å². The van der Waals surface area contributed by atoms with Gasteiger partial charge in [0.25, 0.3) is 0 Å². The lowest BCUT2D eigenvalue weighted by molar-refractivity contribution is 0.144. The normalized spacial score (nSPS) is 14.9. The number of pyridine rings is 1. The van der Waals surface area contributed by atoms with E-state index >= 15 is 0 Å². The molecule has 0 bridgehead atoms. The molecule has 1 aromatic heterocycles. The van der Waals surface area contributed by atoms with Crippen LogP contribution >= 0.6 is 11.6 Å². The molecule has 1 heterocycles. The minimum atomic E-state index is 0.526. The third-order valence-electron chi connectivity index (χ3n) is 4.06. The van der Waals surface area contributed by atoms with Gasteiger partial charge in [-0.2, -0.15) is 0 Å². The number of nitrogens with zero attached hydrogens (tertiary/aromatic N) is 3. The molecule has 1 aliphatic carbocycles. The smallest absolute Gasteiger partial charge is 0.191 e. The van der Waals surface area contributed by atoms with E-state index in [2.05, 4.69) is 25.5 Å². The maximum atomic E-state index is 5.79. The van der Waals surface area contributed by atoms with Gasteiger partial charge in [0.05, 0.1) is 6.61 Å². The zero-order chi connectivity index (χ0) is 17.2. The van der Waals surface area contributed by atoms with Gasteiger partial charge in [0.15, 0.2) is 5.96 Å². The summed E-state index contributed by atoms with van der Waals surface area (Å²) in [4.78, 5) is 10.8. The fourth-order valence-electron chi connectivity index (χ4n) is 2.54. The Morgan fingerprint density at radius 2 is 2.12 bits per heavy atom. The van der Waals surface area contributed by atoms with Crippen molar-refractivity contribution in [1.82, 2.24) is 20.5 Å². The molecule has 1 aromatic rings. The molecule has 0 atom stereocenters. The van der Waals surface area contributed by atoms with Gasteiger partial charge in [0.2, 0.25) is 0 Å². The molecule has 7 heteroatoms. The molecule has 24 heavy (non-hydrogen) atoms. The molecule has 0 radical (unpaired) electrons. The van der Waals surface area contributed by atoms with Gasteiger partial charge in [-0.3, -0.25) is 9.89 Å². The van der Waals surface area contributed by atoms with Crippen LogP contribution in [0.15, 0.2) is 23.3 Å². The van der Waals surface area contributed by atoms with E-state index in [0.29, 0.717) is 5.15 Å². The van der Waals surface area contributed by atoms with Crippen molar-refractivity contribution in [3.63, 3.8) is 0 Å². The Kier molecular flexibility index (Phi) is 8.28. The Balaban J connectivity index is 1.63. The van der Waals surface area contributed by atoms with Crippen molar-refractivity contribution in [3.05, 3.63) is 29.0 Å². The number of methoxy groups -OCH3 is 1. The van der Waals surface area contributed by atoms with E-state index in [-0.39, 0.29) is 0 Å². The van der Waals surface area contributed by atoms with Gasteiger partial charge in [0.1, 0.15) is 5.15 Å². The van der Waals surface area contributed by atoms with Crippen LogP contribution < -0.4 is 10.6 Å². The Morgan fingerprint density at radius 3 is 2.75 bits per heavy atom. The number of hydrogen-bond acceptors (Lipinski definition) is 4. The van der Waals surface area contributed by atoms with Crippen molar-refractivity contribution in [2.75, 3.05) is 46.9 Å². The quantitative estimate of drug-likeness (QED) is 0.379. The average molecular weight is 354 g/mol. The van der Waals surface area contributed by atoms with Gasteiger partial charge in [-0.15, -0.1) is 0 Å². The van der Waals surface area contributed by atoms with Crippen LogP contribution in [0.1, 0.15) is 18.4 Å². The molecule has 2 N–H and O–H groups in total. The first-order chi connectivity index (χ1) is 11.7. The molecular weight excluding hydrogens is 326 g/mol. The lowest BCUT2D eigenvalue weighted by Crippen LogP contribution is -2.43. The molecule has 0 saturated heterocycles. The highest BCUT2D eigenvalue weighted by Gasteiger charge is 2.28. The van der Waals surface area contributed by atoms with E-state index in [1.54, 1.807) is 14.2 Å². The van der Waals surface area contributed by atoms with Crippen LogP contribution in [0.25, 0.3) is 0 Å². The van der Waals surface area contributed by atoms with Crippen molar-refractivity contribution < 1.29 is 4.74 Å². The van der Waals surface area contributed by atoms with Gasteiger partial charge in [-0.05, 0) is 30.9 Å². The number of nitrogens with one attached hydrogen (secondary N) is 2. The zero-order valence-corrected chi connectivity index (χ0v) is 15.4. The van der Waals surface area contributed by atoms with Crippen LogP contribution in [0.3, 0.4) is 0 Å². The van der Waals surface area contributed by atoms with E-state index < -0.39 is 0 Å². The second-order valence-electron chi connectivity index (χ2n) is 5.92. The Labute approximate surface area is 149 Å². The van der Waals surface area contributed by atoms with Crippen molar-refractivity contribution in [1.29, 1.82) is 0 Å². The van der Waals surface area contributed by atoms with Gasteiger partial charge in [-0.25, -0.2) is 4.98 Å². The summed E-state index contributed by atoms with van der Waals surface area (Å²) in [5.74, 6) is 0.833. The number of guanidine groups is 1. The number of aromatic nitrogens is 1. The van der Waals surface area contributed by atoms with Crippen LogP contribution in [-0.2, 0) is 11.2 Å². The third kappa shape index (κ3) is 7.03. The first-order valence-electron chi connectivity index (χ1n) is 8.51. The molecule has 0 spiro atoms. The average Bonchev–Trinajstić information content (AvgIpc) is 3.43. The number of rotatable bonds is 10. The molecule has 1 saturated carbocycles. The SMILES string of the molecule is CN=C(NCCc1ccc(Cl)nc1)NCCN(CCOC)C1CC1. The molecule has 6 nitrogen and oxygen atoms in total. The first kappa shape index (κ1) is 19.0. The van der Waals surface area contributed by atoms with Crippen LogP contribution in [0, 0.1) is 0 Å². The lowest BCUT2D eigenvalue weighted by Gasteiger charge is -2.22. The van der Waals surface area contributed by atoms with Crippen LogP contribution in [-0.4, -0.2) is 68.8 Å². The summed E-state index contributed by atoms with van der Waals surface area (Å²) in [6, 6.07) is 4.56. The monoisotopic (exact) mass is 353 g/mol. The number of aliphatic imine (C=N–C) groups is 1. The van der Waals surface area contributed by atoms with E-state index in [1.165, 1.54) is 12.8 Å². The Morgan fingerprint density at radius 1 is 1.33 bits per heavy atom. The molecule has 0 amide bonds. The summed E-state index contributed by atoms with van der Waals surface area (Å²) >= 11 is 5.79. The fraction of sp³-hybridized carbons (Fsp3) is 0.647. The second kappa shape index (κ2) is 10.5. The van der Waals surface area contributed by atoms with Gasteiger partial charge in [-0.1, -0.05) is 17.7 Å². The van der Waals surface area contributed by atoms with Crippen molar-refractivity contribution in [2.45, 2.75) is 25.3 Å². The molecule has 2 rings (SSSR count). The zero-order valence-electron chi connectivity index (χ0n) is 14.6.